The predicted octanol–water partition coefficient (Wildman–Crippen LogP) is 3.47. The van der Waals surface area contributed by atoms with Crippen molar-refractivity contribution in [3.8, 4) is 5.75 Å². The molecule has 2 aromatic carbocycles. The molecule has 0 spiro atoms. The highest BCUT2D eigenvalue weighted by atomic mass is 19.2. The minimum absolute atomic E-state index is 0.0522. The second-order valence-corrected chi connectivity index (χ2v) is 5.85. The Bertz CT molecular complexity index is 854. The van der Waals surface area contributed by atoms with E-state index >= 15 is 0 Å². The summed E-state index contributed by atoms with van der Waals surface area (Å²) in [4.78, 5) is 23.5. The minimum atomic E-state index is -1.66. The molecule has 8 heteroatoms. The molecule has 1 aliphatic carbocycles. The molecule has 0 aromatic heterocycles. The number of ether oxygens (including phenoxy) is 1. The van der Waals surface area contributed by atoms with E-state index < -0.39 is 35.7 Å². The van der Waals surface area contributed by atoms with E-state index in [1.807, 2.05) is 0 Å². The summed E-state index contributed by atoms with van der Waals surface area (Å²) in [6, 6.07) is 8.08. The van der Waals surface area contributed by atoms with E-state index in [4.69, 9.17) is 4.74 Å². The van der Waals surface area contributed by atoms with Crippen LogP contribution in [0.2, 0.25) is 0 Å². The van der Waals surface area contributed by atoms with Crippen LogP contribution in [0.15, 0.2) is 36.4 Å². The molecule has 2 aromatic rings. The van der Waals surface area contributed by atoms with Crippen LogP contribution in [0.4, 0.5) is 24.5 Å². The van der Waals surface area contributed by atoms with Gasteiger partial charge in [-0.25, -0.2) is 13.2 Å². The van der Waals surface area contributed by atoms with Crippen LogP contribution in [0.5, 0.6) is 5.75 Å². The monoisotopic (exact) mass is 364 g/mol. The quantitative estimate of drug-likeness (QED) is 0.772. The summed E-state index contributed by atoms with van der Waals surface area (Å²) in [5, 5.41) is 4.85. The molecule has 0 bridgehead atoms. The number of carbonyl (C=O) groups excluding carboxylic acids is 2. The maximum Gasteiger partial charge on any atom is 0.262 e. The van der Waals surface area contributed by atoms with Gasteiger partial charge in [0.25, 0.3) is 5.91 Å². The molecule has 1 fully saturated rings. The normalized spacial score (nSPS) is 13.2. The molecule has 136 valence electrons. The molecular formula is C18H15F3N2O3. The van der Waals surface area contributed by atoms with Crippen molar-refractivity contribution in [2.75, 3.05) is 17.2 Å². The van der Waals surface area contributed by atoms with Crippen molar-refractivity contribution in [2.45, 2.75) is 12.8 Å². The molecule has 0 aliphatic heterocycles. The Hall–Kier alpha value is -3.03. The molecule has 3 rings (SSSR count). The van der Waals surface area contributed by atoms with Gasteiger partial charge in [0.15, 0.2) is 24.1 Å². The fourth-order valence-corrected chi connectivity index (χ4v) is 2.21. The summed E-state index contributed by atoms with van der Waals surface area (Å²) >= 11 is 0. The fourth-order valence-electron chi connectivity index (χ4n) is 2.21. The zero-order chi connectivity index (χ0) is 18.7. The van der Waals surface area contributed by atoms with E-state index in [0.717, 1.165) is 18.9 Å². The van der Waals surface area contributed by atoms with Crippen molar-refractivity contribution < 1.29 is 27.5 Å². The highest BCUT2D eigenvalue weighted by Crippen LogP contribution is 2.30. The van der Waals surface area contributed by atoms with Gasteiger partial charge in [0.1, 0.15) is 5.75 Å². The van der Waals surface area contributed by atoms with Crippen LogP contribution in [-0.2, 0) is 9.59 Å². The molecule has 2 N–H and O–H groups in total. The molecule has 0 atom stereocenters. The van der Waals surface area contributed by atoms with Crippen molar-refractivity contribution in [1.82, 2.24) is 0 Å². The lowest BCUT2D eigenvalue weighted by Crippen LogP contribution is -2.21. The Morgan fingerprint density at radius 2 is 1.81 bits per heavy atom. The number of halogens is 3. The summed E-state index contributed by atoms with van der Waals surface area (Å²) in [5.41, 5.74) is 0.0504. The van der Waals surface area contributed by atoms with Crippen molar-refractivity contribution in [3.63, 3.8) is 0 Å². The largest absolute Gasteiger partial charge is 0.484 e. The first-order valence-corrected chi connectivity index (χ1v) is 7.91. The van der Waals surface area contributed by atoms with Crippen LogP contribution in [0.1, 0.15) is 12.8 Å². The molecule has 5 nitrogen and oxygen atoms in total. The Balaban J connectivity index is 1.56. The van der Waals surface area contributed by atoms with Gasteiger partial charge in [0.05, 0.1) is 5.69 Å². The van der Waals surface area contributed by atoms with E-state index in [1.54, 1.807) is 24.3 Å². The predicted molar refractivity (Wildman–Crippen MR) is 88.2 cm³/mol. The first-order valence-electron chi connectivity index (χ1n) is 7.91. The van der Waals surface area contributed by atoms with Crippen LogP contribution in [-0.4, -0.2) is 18.4 Å². The number of amides is 2. The Morgan fingerprint density at radius 3 is 2.54 bits per heavy atom. The van der Waals surface area contributed by atoms with E-state index in [0.29, 0.717) is 17.5 Å². The third kappa shape index (κ3) is 4.33. The summed E-state index contributed by atoms with van der Waals surface area (Å²) in [7, 11) is 0. The van der Waals surface area contributed by atoms with Crippen LogP contribution in [0, 0.1) is 23.4 Å². The summed E-state index contributed by atoms with van der Waals surface area (Å²) in [5.74, 6) is -4.93. The van der Waals surface area contributed by atoms with E-state index in [9.17, 15) is 22.8 Å². The lowest BCUT2D eigenvalue weighted by molar-refractivity contribution is -0.118. The van der Waals surface area contributed by atoms with Gasteiger partial charge < -0.3 is 15.4 Å². The SMILES string of the molecule is O=C(COc1cccc(NC(=O)C2CC2)c1)Nc1ccc(F)c(F)c1F. The Kier molecular flexibility index (Phi) is 5.11. The maximum atomic E-state index is 13.5. The smallest absolute Gasteiger partial charge is 0.262 e. The second kappa shape index (κ2) is 7.47. The molecule has 1 aliphatic rings. The van der Waals surface area contributed by atoms with Gasteiger partial charge in [0, 0.05) is 17.7 Å². The average Bonchev–Trinajstić information content (AvgIpc) is 3.46. The number of nitrogens with one attached hydrogen (secondary N) is 2. The summed E-state index contributed by atoms with van der Waals surface area (Å²) in [6.07, 6.45) is 1.76. The Labute approximate surface area is 147 Å². The van der Waals surface area contributed by atoms with Crippen molar-refractivity contribution in [1.29, 1.82) is 0 Å². The molecular weight excluding hydrogens is 349 g/mol. The molecule has 26 heavy (non-hydrogen) atoms. The highest BCUT2D eigenvalue weighted by Gasteiger charge is 2.29. The van der Waals surface area contributed by atoms with Crippen LogP contribution in [0.25, 0.3) is 0 Å². The number of hydrogen-bond donors (Lipinski definition) is 2. The van der Waals surface area contributed by atoms with Crippen LogP contribution >= 0.6 is 0 Å². The first kappa shape index (κ1) is 17.8. The van der Waals surface area contributed by atoms with Crippen LogP contribution in [0.3, 0.4) is 0 Å². The average molecular weight is 364 g/mol. The summed E-state index contributed by atoms with van der Waals surface area (Å²) in [6.45, 7) is -0.474. The van der Waals surface area contributed by atoms with Crippen molar-refractivity contribution >= 4 is 23.2 Å². The zero-order valence-electron chi connectivity index (χ0n) is 13.5. The first-order chi connectivity index (χ1) is 12.4. The van der Waals surface area contributed by atoms with Gasteiger partial charge in [0.2, 0.25) is 5.91 Å². The van der Waals surface area contributed by atoms with Gasteiger partial charge in [-0.3, -0.25) is 9.59 Å². The minimum Gasteiger partial charge on any atom is -0.484 e. The molecule has 0 heterocycles. The highest BCUT2D eigenvalue weighted by molar-refractivity contribution is 5.94. The van der Waals surface area contributed by atoms with E-state index in [1.165, 1.54) is 0 Å². The standard InChI is InChI=1S/C18H15F3N2O3/c19-13-6-7-14(17(21)16(13)20)23-15(24)9-26-12-3-1-2-11(8-12)22-18(25)10-4-5-10/h1-3,6-8,10H,4-5,9H2,(H,22,25)(H,23,24). The number of rotatable bonds is 6. The number of carbonyl (C=O) groups is 2. The third-order valence-electron chi connectivity index (χ3n) is 3.73. The summed E-state index contributed by atoms with van der Waals surface area (Å²) < 4.78 is 44.8. The van der Waals surface area contributed by atoms with Crippen molar-refractivity contribution in [3.05, 3.63) is 53.8 Å². The zero-order valence-corrected chi connectivity index (χ0v) is 13.5. The number of benzene rings is 2. The van der Waals surface area contributed by atoms with Crippen LogP contribution < -0.4 is 15.4 Å². The van der Waals surface area contributed by atoms with Gasteiger partial charge in [-0.15, -0.1) is 0 Å². The molecule has 2 amide bonds. The van der Waals surface area contributed by atoms with Gasteiger partial charge >= 0.3 is 0 Å². The number of hydrogen-bond acceptors (Lipinski definition) is 3. The molecule has 1 saturated carbocycles. The third-order valence-corrected chi connectivity index (χ3v) is 3.73. The number of anilines is 2. The fraction of sp³-hybridized carbons (Fsp3) is 0.222. The molecule has 0 unspecified atom stereocenters. The van der Waals surface area contributed by atoms with Gasteiger partial charge in [-0.05, 0) is 37.1 Å². The van der Waals surface area contributed by atoms with Gasteiger partial charge in [-0.1, -0.05) is 6.07 Å². The van der Waals surface area contributed by atoms with E-state index in [-0.39, 0.29) is 11.8 Å². The maximum absolute atomic E-state index is 13.5. The second-order valence-electron chi connectivity index (χ2n) is 5.85. The topological polar surface area (TPSA) is 67.4 Å². The lowest BCUT2D eigenvalue weighted by atomic mass is 10.2. The lowest BCUT2D eigenvalue weighted by Gasteiger charge is -2.10. The van der Waals surface area contributed by atoms with Gasteiger partial charge in [-0.2, -0.15) is 0 Å². The molecule has 0 radical (unpaired) electrons. The molecule has 0 saturated heterocycles. The van der Waals surface area contributed by atoms with E-state index in [2.05, 4.69) is 10.6 Å². The Morgan fingerprint density at radius 1 is 1.04 bits per heavy atom. The van der Waals surface area contributed by atoms with Crippen molar-refractivity contribution in [2.24, 2.45) is 5.92 Å².